The van der Waals surface area contributed by atoms with Crippen LogP contribution in [0, 0.1) is 5.82 Å². The summed E-state index contributed by atoms with van der Waals surface area (Å²) >= 11 is 3.37. The summed E-state index contributed by atoms with van der Waals surface area (Å²) in [5, 5.41) is 7.44. The summed E-state index contributed by atoms with van der Waals surface area (Å²) in [7, 11) is 3.62. The van der Waals surface area contributed by atoms with Gasteiger partial charge in [-0.1, -0.05) is 15.9 Å². The van der Waals surface area contributed by atoms with Gasteiger partial charge in [0.1, 0.15) is 11.9 Å². The van der Waals surface area contributed by atoms with E-state index in [0.717, 1.165) is 22.5 Å². The summed E-state index contributed by atoms with van der Waals surface area (Å²) in [5.41, 5.74) is 1.63. The van der Waals surface area contributed by atoms with Crippen LogP contribution in [0.25, 0.3) is 0 Å². The molecular formula is C17H21BrFN5O. The zero-order valence-corrected chi connectivity index (χ0v) is 15.8. The molecular weight excluding hydrogens is 389 g/mol. The maximum atomic E-state index is 13.9. The number of aryl methyl sites for hydroxylation is 1. The van der Waals surface area contributed by atoms with Crippen LogP contribution in [0.5, 0.6) is 0 Å². The Labute approximate surface area is 154 Å². The molecule has 0 radical (unpaired) electrons. The number of benzene rings is 1. The lowest BCUT2D eigenvalue weighted by molar-refractivity contribution is -0.00805. The van der Waals surface area contributed by atoms with Gasteiger partial charge in [-0.05, 0) is 18.2 Å². The van der Waals surface area contributed by atoms with E-state index in [1.54, 1.807) is 23.9 Å². The number of aromatic nitrogens is 2. The van der Waals surface area contributed by atoms with Gasteiger partial charge < -0.3 is 15.0 Å². The summed E-state index contributed by atoms with van der Waals surface area (Å²) in [6, 6.07) is 4.92. The number of nitrogens with zero attached hydrogens (tertiary/aromatic N) is 4. The number of rotatable bonds is 3. The van der Waals surface area contributed by atoms with Crippen molar-refractivity contribution in [2.24, 2.45) is 12.0 Å². The van der Waals surface area contributed by atoms with Gasteiger partial charge in [-0.2, -0.15) is 5.10 Å². The Morgan fingerprint density at radius 2 is 2.36 bits per heavy atom. The van der Waals surface area contributed by atoms with Crippen LogP contribution in [0.15, 0.2) is 40.1 Å². The first kappa shape index (κ1) is 17.9. The van der Waals surface area contributed by atoms with Crippen molar-refractivity contribution in [2.45, 2.75) is 12.6 Å². The molecule has 1 aromatic carbocycles. The summed E-state index contributed by atoms with van der Waals surface area (Å²) < 4.78 is 22.4. The third-order valence-corrected chi connectivity index (χ3v) is 4.61. The second-order valence-corrected chi connectivity index (χ2v) is 6.80. The standard InChI is InChI=1S/C17H21BrFN5O/c1-20-17(21-8-12-7-14(18)3-4-15(12)19)24-5-6-25-16(11-24)13-9-22-23(2)10-13/h3-4,7,9-10,16H,5-6,8,11H2,1-2H3,(H,20,21). The Morgan fingerprint density at radius 1 is 1.52 bits per heavy atom. The lowest BCUT2D eigenvalue weighted by atomic mass is 10.1. The van der Waals surface area contributed by atoms with Crippen LogP contribution in [0.3, 0.4) is 0 Å². The van der Waals surface area contributed by atoms with Gasteiger partial charge in [-0.3, -0.25) is 9.67 Å². The van der Waals surface area contributed by atoms with E-state index in [9.17, 15) is 4.39 Å². The molecule has 1 aliphatic heterocycles. The van der Waals surface area contributed by atoms with E-state index in [-0.39, 0.29) is 11.9 Å². The van der Waals surface area contributed by atoms with Crippen molar-refractivity contribution in [3.8, 4) is 0 Å². The molecule has 8 heteroatoms. The quantitative estimate of drug-likeness (QED) is 0.624. The second-order valence-electron chi connectivity index (χ2n) is 5.89. The third-order valence-electron chi connectivity index (χ3n) is 4.12. The molecule has 134 valence electrons. The number of morpholine rings is 1. The number of ether oxygens (including phenoxy) is 1. The van der Waals surface area contributed by atoms with Crippen molar-refractivity contribution in [1.29, 1.82) is 0 Å². The minimum atomic E-state index is -0.235. The fourth-order valence-corrected chi connectivity index (χ4v) is 3.24. The number of guanidine groups is 1. The molecule has 3 rings (SSSR count). The molecule has 0 saturated carbocycles. The topological polar surface area (TPSA) is 54.7 Å². The molecule has 1 saturated heterocycles. The highest BCUT2D eigenvalue weighted by Gasteiger charge is 2.25. The van der Waals surface area contributed by atoms with Crippen molar-refractivity contribution in [3.05, 3.63) is 52.0 Å². The summed E-state index contributed by atoms with van der Waals surface area (Å²) in [6.07, 6.45) is 3.73. The maximum Gasteiger partial charge on any atom is 0.194 e. The number of hydrogen-bond acceptors (Lipinski definition) is 3. The van der Waals surface area contributed by atoms with E-state index in [1.807, 2.05) is 19.4 Å². The highest BCUT2D eigenvalue weighted by atomic mass is 79.9. The highest BCUT2D eigenvalue weighted by molar-refractivity contribution is 9.10. The van der Waals surface area contributed by atoms with Crippen molar-refractivity contribution >= 4 is 21.9 Å². The summed E-state index contributed by atoms with van der Waals surface area (Å²) in [6.45, 7) is 2.38. The Hall–Kier alpha value is -1.93. The van der Waals surface area contributed by atoms with Crippen LogP contribution >= 0.6 is 15.9 Å². The Balaban J connectivity index is 1.65. The molecule has 6 nitrogen and oxygen atoms in total. The lowest BCUT2D eigenvalue weighted by Gasteiger charge is -2.34. The Bertz CT molecular complexity index is 763. The van der Waals surface area contributed by atoms with E-state index >= 15 is 0 Å². The van der Waals surface area contributed by atoms with Crippen LogP contribution in [-0.4, -0.2) is 47.4 Å². The number of hydrogen-bond donors (Lipinski definition) is 1. The molecule has 0 aliphatic carbocycles. The van der Waals surface area contributed by atoms with Crippen molar-refractivity contribution < 1.29 is 9.13 Å². The average Bonchev–Trinajstić information content (AvgIpc) is 3.05. The zero-order chi connectivity index (χ0) is 17.8. The first-order chi connectivity index (χ1) is 12.1. The van der Waals surface area contributed by atoms with Crippen molar-refractivity contribution in [1.82, 2.24) is 20.0 Å². The molecule has 2 heterocycles. The maximum absolute atomic E-state index is 13.9. The number of halogens is 2. The molecule has 1 atom stereocenters. The van der Waals surface area contributed by atoms with Gasteiger partial charge >= 0.3 is 0 Å². The van der Waals surface area contributed by atoms with E-state index in [4.69, 9.17) is 4.74 Å². The first-order valence-electron chi connectivity index (χ1n) is 8.06. The summed E-state index contributed by atoms with van der Waals surface area (Å²) in [4.78, 5) is 6.46. The average molecular weight is 410 g/mol. The highest BCUT2D eigenvalue weighted by Crippen LogP contribution is 2.22. The van der Waals surface area contributed by atoms with Crippen LogP contribution < -0.4 is 5.32 Å². The molecule has 1 fully saturated rings. The fourth-order valence-electron chi connectivity index (χ4n) is 2.84. The normalized spacial score (nSPS) is 18.5. The molecule has 0 amide bonds. The van der Waals surface area contributed by atoms with Gasteiger partial charge in [0.05, 0.1) is 19.3 Å². The largest absolute Gasteiger partial charge is 0.370 e. The van der Waals surface area contributed by atoms with Crippen LogP contribution in [0.4, 0.5) is 4.39 Å². The molecule has 25 heavy (non-hydrogen) atoms. The zero-order valence-electron chi connectivity index (χ0n) is 14.2. The second kappa shape index (κ2) is 7.97. The Morgan fingerprint density at radius 3 is 3.08 bits per heavy atom. The molecule has 1 aromatic heterocycles. The van der Waals surface area contributed by atoms with Crippen LogP contribution in [0.2, 0.25) is 0 Å². The number of aliphatic imine (C=N–C) groups is 1. The minimum absolute atomic E-state index is 0.0522. The summed E-state index contributed by atoms with van der Waals surface area (Å²) in [5.74, 6) is 0.498. The third kappa shape index (κ3) is 4.38. The van der Waals surface area contributed by atoms with Crippen molar-refractivity contribution in [3.63, 3.8) is 0 Å². The first-order valence-corrected chi connectivity index (χ1v) is 8.86. The predicted molar refractivity (Wildman–Crippen MR) is 97.8 cm³/mol. The van der Waals surface area contributed by atoms with Gasteiger partial charge in [0.2, 0.25) is 0 Å². The number of nitrogens with one attached hydrogen (secondary N) is 1. The fraction of sp³-hybridized carbons (Fsp3) is 0.412. The van der Waals surface area contributed by atoms with Gasteiger partial charge in [0, 0.05) is 49.0 Å². The minimum Gasteiger partial charge on any atom is -0.370 e. The molecule has 0 spiro atoms. The van der Waals surface area contributed by atoms with Gasteiger partial charge in [0.15, 0.2) is 5.96 Å². The SMILES string of the molecule is CN=C(NCc1cc(Br)ccc1F)N1CCOC(c2cnn(C)c2)C1. The van der Waals surface area contributed by atoms with Gasteiger partial charge in [0.25, 0.3) is 0 Å². The van der Waals surface area contributed by atoms with E-state index in [1.165, 1.54) is 6.07 Å². The molecule has 0 bridgehead atoms. The van der Waals surface area contributed by atoms with Crippen LogP contribution in [0.1, 0.15) is 17.2 Å². The molecule has 1 unspecified atom stereocenters. The van der Waals surface area contributed by atoms with E-state index in [0.29, 0.717) is 25.3 Å². The molecule has 2 aromatic rings. The predicted octanol–water partition coefficient (Wildman–Crippen LogP) is 2.47. The molecule has 1 N–H and O–H groups in total. The van der Waals surface area contributed by atoms with Crippen molar-refractivity contribution in [2.75, 3.05) is 26.7 Å². The Kier molecular flexibility index (Phi) is 5.70. The van der Waals surface area contributed by atoms with E-state index < -0.39 is 0 Å². The monoisotopic (exact) mass is 409 g/mol. The lowest BCUT2D eigenvalue weighted by Crippen LogP contribution is -2.48. The van der Waals surface area contributed by atoms with Gasteiger partial charge in [-0.15, -0.1) is 0 Å². The van der Waals surface area contributed by atoms with Crippen LogP contribution in [-0.2, 0) is 18.3 Å². The smallest absolute Gasteiger partial charge is 0.194 e. The van der Waals surface area contributed by atoms with E-state index in [2.05, 4.69) is 36.2 Å². The molecule has 1 aliphatic rings. The van der Waals surface area contributed by atoms with Gasteiger partial charge in [-0.25, -0.2) is 4.39 Å².